The molecule has 1 atom stereocenters. The van der Waals surface area contributed by atoms with Gasteiger partial charge in [-0.05, 0) is 38.0 Å². The Morgan fingerprint density at radius 1 is 1.47 bits per heavy atom. The summed E-state index contributed by atoms with van der Waals surface area (Å²) in [6.07, 6.45) is 1.00. The van der Waals surface area contributed by atoms with E-state index in [0.29, 0.717) is 5.56 Å². The van der Waals surface area contributed by atoms with E-state index in [2.05, 4.69) is 12.2 Å². The second-order valence-corrected chi connectivity index (χ2v) is 4.92. The molecule has 0 aliphatic rings. The van der Waals surface area contributed by atoms with Crippen molar-refractivity contribution in [3.05, 3.63) is 29.3 Å². The highest BCUT2D eigenvalue weighted by Crippen LogP contribution is 2.20. The molecule has 4 heteroatoms. The Kier molecular flexibility index (Phi) is 5.83. The molecule has 4 nitrogen and oxygen atoms in total. The van der Waals surface area contributed by atoms with E-state index in [1.54, 1.807) is 11.9 Å². The number of benzene rings is 1. The highest BCUT2D eigenvalue weighted by molar-refractivity contribution is 5.99. The molecular weight excluding hydrogens is 240 g/mol. The predicted molar refractivity (Wildman–Crippen MR) is 78.6 cm³/mol. The van der Waals surface area contributed by atoms with Crippen molar-refractivity contribution in [1.29, 1.82) is 0 Å². The molecule has 0 aliphatic carbocycles. The summed E-state index contributed by atoms with van der Waals surface area (Å²) >= 11 is 0. The van der Waals surface area contributed by atoms with Crippen molar-refractivity contribution in [2.75, 3.05) is 25.5 Å². The number of aryl methyl sites for hydroxylation is 1. The lowest BCUT2D eigenvalue weighted by atomic mass is 10.1. The summed E-state index contributed by atoms with van der Waals surface area (Å²) in [5, 5.41) is 12.4. The number of hydrogen-bond donors (Lipinski definition) is 2. The Balaban J connectivity index is 3.01. The fourth-order valence-electron chi connectivity index (χ4n) is 1.76. The van der Waals surface area contributed by atoms with Crippen LogP contribution in [0.1, 0.15) is 36.2 Å². The number of amides is 1. The van der Waals surface area contributed by atoms with Crippen LogP contribution in [0.25, 0.3) is 0 Å². The minimum absolute atomic E-state index is 0.0359. The number of aliphatic hydroxyl groups is 1. The summed E-state index contributed by atoms with van der Waals surface area (Å²) in [6, 6.07) is 5.58. The van der Waals surface area contributed by atoms with Crippen LogP contribution in [0.2, 0.25) is 0 Å². The summed E-state index contributed by atoms with van der Waals surface area (Å²) in [6.45, 7) is 6.72. The van der Waals surface area contributed by atoms with Gasteiger partial charge in [0.25, 0.3) is 5.91 Å². The van der Waals surface area contributed by atoms with Crippen molar-refractivity contribution in [1.82, 2.24) is 4.90 Å². The maximum atomic E-state index is 12.4. The van der Waals surface area contributed by atoms with E-state index in [9.17, 15) is 4.79 Å². The standard InChI is InChI=1S/C15H24N2O2/c1-5-8-16-14-9-11(2)6-7-13(14)15(19)17(4)12(3)10-18/h6-7,9,12,16,18H,5,8,10H2,1-4H3. The number of nitrogens with zero attached hydrogens (tertiary/aromatic N) is 1. The fraction of sp³-hybridized carbons (Fsp3) is 0.533. The molecule has 0 radical (unpaired) electrons. The number of hydrogen-bond acceptors (Lipinski definition) is 3. The first kappa shape index (κ1) is 15.5. The van der Waals surface area contributed by atoms with Crippen LogP contribution in [0.15, 0.2) is 18.2 Å². The van der Waals surface area contributed by atoms with Crippen LogP contribution < -0.4 is 5.32 Å². The second-order valence-electron chi connectivity index (χ2n) is 4.92. The molecule has 0 saturated heterocycles. The van der Waals surface area contributed by atoms with E-state index in [0.717, 1.165) is 24.2 Å². The van der Waals surface area contributed by atoms with Gasteiger partial charge in [0.15, 0.2) is 0 Å². The highest BCUT2D eigenvalue weighted by Gasteiger charge is 2.19. The Morgan fingerprint density at radius 3 is 2.74 bits per heavy atom. The summed E-state index contributed by atoms with van der Waals surface area (Å²) in [4.78, 5) is 14.0. The van der Waals surface area contributed by atoms with Crippen LogP contribution in [0, 0.1) is 6.92 Å². The first-order valence-electron chi connectivity index (χ1n) is 6.73. The molecule has 2 N–H and O–H groups in total. The van der Waals surface area contributed by atoms with E-state index in [1.165, 1.54) is 0 Å². The van der Waals surface area contributed by atoms with E-state index in [1.807, 2.05) is 32.0 Å². The van der Waals surface area contributed by atoms with E-state index in [4.69, 9.17) is 5.11 Å². The first-order chi connectivity index (χ1) is 9.01. The molecule has 1 rings (SSSR count). The van der Waals surface area contributed by atoms with Gasteiger partial charge in [-0.25, -0.2) is 0 Å². The number of rotatable bonds is 6. The SMILES string of the molecule is CCCNc1cc(C)ccc1C(=O)N(C)C(C)CO. The maximum Gasteiger partial charge on any atom is 0.256 e. The van der Waals surface area contributed by atoms with Gasteiger partial charge in [-0.15, -0.1) is 0 Å². The van der Waals surface area contributed by atoms with Crippen molar-refractivity contribution in [2.24, 2.45) is 0 Å². The molecule has 0 saturated carbocycles. The number of nitrogens with one attached hydrogen (secondary N) is 1. The number of anilines is 1. The van der Waals surface area contributed by atoms with Crippen LogP contribution >= 0.6 is 0 Å². The summed E-state index contributed by atoms with van der Waals surface area (Å²) < 4.78 is 0. The molecule has 0 heterocycles. The van der Waals surface area contributed by atoms with Crippen molar-refractivity contribution < 1.29 is 9.90 Å². The minimum Gasteiger partial charge on any atom is -0.394 e. The third kappa shape index (κ3) is 3.96. The normalized spacial score (nSPS) is 12.1. The molecule has 106 valence electrons. The zero-order chi connectivity index (χ0) is 14.4. The Bertz CT molecular complexity index is 432. The predicted octanol–water partition coefficient (Wildman–Crippen LogP) is 2.27. The van der Waals surface area contributed by atoms with Crippen molar-refractivity contribution in [3.63, 3.8) is 0 Å². The van der Waals surface area contributed by atoms with Crippen molar-refractivity contribution in [3.8, 4) is 0 Å². The van der Waals surface area contributed by atoms with Crippen molar-refractivity contribution >= 4 is 11.6 Å². The largest absolute Gasteiger partial charge is 0.394 e. The van der Waals surface area contributed by atoms with Gasteiger partial charge in [0, 0.05) is 19.3 Å². The molecule has 0 aromatic heterocycles. The molecule has 1 aromatic rings. The van der Waals surface area contributed by atoms with Gasteiger partial charge >= 0.3 is 0 Å². The van der Waals surface area contributed by atoms with Gasteiger partial charge in [0.2, 0.25) is 0 Å². The number of likely N-dealkylation sites (N-methyl/N-ethyl adjacent to an activating group) is 1. The Morgan fingerprint density at radius 2 is 2.16 bits per heavy atom. The average molecular weight is 264 g/mol. The van der Waals surface area contributed by atoms with Gasteiger partial charge in [-0.1, -0.05) is 13.0 Å². The minimum atomic E-state index is -0.187. The monoisotopic (exact) mass is 264 g/mol. The van der Waals surface area contributed by atoms with Gasteiger partial charge in [-0.2, -0.15) is 0 Å². The van der Waals surface area contributed by atoms with Gasteiger partial charge in [-0.3, -0.25) is 4.79 Å². The molecule has 0 bridgehead atoms. The lowest BCUT2D eigenvalue weighted by Crippen LogP contribution is -2.37. The Labute approximate surface area is 115 Å². The molecule has 0 spiro atoms. The number of carbonyl (C=O) groups excluding carboxylic acids is 1. The average Bonchev–Trinajstić information content (AvgIpc) is 2.42. The Hall–Kier alpha value is -1.55. The number of carbonyl (C=O) groups is 1. The summed E-state index contributed by atoms with van der Waals surface area (Å²) in [5.41, 5.74) is 2.64. The molecule has 1 aromatic carbocycles. The van der Waals surface area contributed by atoms with Gasteiger partial charge < -0.3 is 15.3 Å². The van der Waals surface area contributed by atoms with E-state index >= 15 is 0 Å². The first-order valence-corrected chi connectivity index (χ1v) is 6.73. The lowest BCUT2D eigenvalue weighted by Gasteiger charge is -2.24. The van der Waals surface area contributed by atoms with Crippen LogP contribution in [0.4, 0.5) is 5.69 Å². The smallest absolute Gasteiger partial charge is 0.256 e. The molecular formula is C15H24N2O2. The third-order valence-electron chi connectivity index (χ3n) is 3.22. The topological polar surface area (TPSA) is 52.6 Å². The fourth-order valence-corrected chi connectivity index (χ4v) is 1.76. The molecule has 0 fully saturated rings. The van der Waals surface area contributed by atoms with Gasteiger partial charge in [0.1, 0.15) is 0 Å². The molecule has 0 aliphatic heterocycles. The number of aliphatic hydroxyl groups excluding tert-OH is 1. The highest BCUT2D eigenvalue weighted by atomic mass is 16.3. The van der Waals surface area contributed by atoms with Crippen molar-refractivity contribution in [2.45, 2.75) is 33.2 Å². The van der Waals surface area contributed by atoms with Crippen LogP contribution in [-0.4, -0.2) is 42.2 Å². The second kappa shape index (κ2) is 7.14. The van der Waals surface area contributed by atoms with Crippen LogP contribution in [-0.2, 0) is 0 Å². The maximum absolute atomic E-state index is 12.4. The lowest BCUT2D eigenvalue weighted by molar-refractivity contribution is 0.0683. The van der Waals surface area contributed by atoms with Gasteiger partial charge in [0.05, 0.1) is 18.2 Å². The zero-order valence-electron chi connectivity index (χ0n) is 12.2. The summed E-state index contributed by atoms with van der Waals surface area (Å²) in [7, 11) is 1.71. The van der Waals surface area contributed by atoms with Crippen LogP contribution in [0.5, 0.6) is 0 Å². The summed E-state index contributed by atoms with van der Waals surface area (Å²) in [5.74, 6) is -0.0693. The quantitative estimate of drug-likeness (QED) is 0.828. The molecule has 19 heavy (non-hydrogen) atoms. The van der Waals surface area contributed by atoms with E-state index < -0.39 is 0 Å². The zero-order valence-corrected chi connectivity index (χ0v) is 12.2. The molecule has 1 unspecified atom stereocenters. The molecule has 1 amide bonds. The third-order valence-corrected chi connectivity index (χ3v) is 3.22. The van der Waals surface area contributed by atoms with E-state index in [-0.39, 0.29) is 18.6 Å². The van der Waals surface area contributed by atoms with Crippen LogP contribution in [0.3, 0.4) is 0 Å².